The van der Waals surface area contributed by atoms with Crippen molar-refractivity contribution in [2.75, 3.05) is 6.54 Å². The lowest BCUT2D eigenvalue weighted by Crippen LogP contribution is -2.21. The van der Waals surface area contributed by atoms with Gasteiger partial charge in [-0.3, -0.25) is 0 Å². The maximum Gasteiger partial charge on any atom is 0.0212 e. The van der Waals surface area contributed by atoms with Crippen LogP contribution in [0, 0.1) is 11.8 Å². The Hall–Kier alpha value is -0.860. The minimum absolute atomic E-state index is 0.853. The highest BCUT2D eigenvalue weighted by Crippen LogP contribution is 2.36. The van der Waals surface area contributed by atoms with E-state index in [4.69, 9.17) is 0 Å². The topological polar surface area (TPSA) is 24.1 Å². The van der Waals surface area contributed by atoms with E-state index in [1.54, 1.807) is 0 Å². The normalized spacial score (nSPS) is 20.3. The molecule has 2 nitrogen and oxygen atoms in total. The monoisotopic (exact) mass is 230 g/mol. The van der Waals surface area contributed by atoms with Crippen LogP contribution in [-0.4, -0.2) is 6.54 Å². The third-order valence-electron chi connectivity index (χ3n) is 4.12. The van der Waals surface area contributed by atoms with Crippen molar-refractivity contribution in [3.8, 4) is 0 Å². The average Bonchev–Trinajstić information content (AvgIpc) is 3.08. The molecule has 0 spiro atoms. The van der Waals surface area contributed by atoms with Crippen molar-refractivity contribution < 1.29 is 0 Å². The van der Waals surface area contributed by atoms with E-state index in [-0.39, 0.29) is 0 Å². The molecule has 92 valence electrons. The predicted molar refractivity (Wildman–Crippen MR) is 70.6 cm³/mol. The molecule has 0 radical (unpaired) electrons. The Labute approximate surface area is 104 Å². The van der Waals surface area contributed by atoms with Gasteiger partial charge in [0.05, 0.1) is 0 Å². The van der Waals surface area contributed by atoms with Crippen molar-refractivity contribution in [1.29, 1.82) is 0 Å². The lowest BCUT2D eigenvalue weighted by Gasteiger charge is -2.11. The van der Waals surface area contributed by atoms with Crippen LogP contribution in [0.2, 0.25) is 0 Å². The molecular weight excluding hydrogens is 208 g/mol. The second-order valence-corrected chi connectivity index (χ2v) is 5.65. The molecule has 1 aliphatic carbocycles. The SMILES string of the molecule is CC(CNCc1ccc2c(c1)CNC2)C1CC1. The van der Waals surface area contributed by atoms with Crippen molar-refractivity contribution in [3.63, 3.8) is 0 Å². The summed E-state index contributed by atoms with van der Waals surface area (Å²) in [5, 5.41) is 6.99. The van der Waals surface area contributed by atoms with Crippen LogP contribution in [0.3, 0.4) is 0 Å². The maximum atomic E-state index is 3.59. The number of nitrogens with one attached hydrogen (secondary N) is 2. The summed E-state index contributed by atoms with van der Waals surface area (Å²) in [5.41, 5.74) is 4.38. The Balaban J connectivity index is 1.51. The molecule has 17 heavy (non-hydrogen) atoms. The molecule has 0 amide bonds. The van der Waals surface area contributed by atoms with Crippen molar-refractivity contribution in [3.05, 3.63) is 34.9 Å². The van der Waals surface area contributed by atoms with Gasteiger partial charge in [0.2, 0.25) is 0 Å². The highest BCUT2D eigenvalue weighted by atomic mass is 14.9. The zero-order chi connectivity index (χ0) is 11.7. The van der Waals surface area contributed by atoms with E-state index in [0.29, 0.717) is 0 Å². The average molecular weight is 230 g/mol. The van der Waals surface area contributed by atoms with Gasteiger partial charge in [-0.25, -0.2) is 0 Å². The van der Waals surface area contributed by atoms with Crippen LogP contribution in [0.5, 0.6) is 0 Å². The van der Waals surface area contributed by atoms with Gasteiger partial charge < -0.3 is 10.6 Å². The lowest BCUT2D eigenvalue weighted by molar-refractivity contribution is 0.461. The van der Waals surface area contributed by atoms with Crippen LogP contribution in [-0.2, 0) is 19.6 Å². The summed E-state index contributed by atoms with van der Waals surface area (Å²) in [7, 11) is 0. The highest BCUT2D eigenvalue weighted by molar-refractivity contribution is 5.34. The summed E-state index contributed by atoms with van der Waals surface area (Å²) in [6.07, 6.45) is 2.90. The summed E-state index contributed by atoms with van der Waals surface area (Å²) in [4.78, 5) is 0. The van der Waals surface area contributed by atoms with Gasteiger partial charge in [0.15, 0.2) is 0 Å². The van der Waals surface area contributed by atoms with E-state index < -0.39 is 0 Å². The highest BCUT2D eigenvalue weighted by Gasteiger charge is 2.27. The molecule has 1 atom stereocenters. The molecule has 2 aliphatic rings. The fourth-order valence-corrected chi connectivity index (χ4v) is 2.73. The number of hydrogen-bond donors (Lipinski definition) is 2. The molecule has 0 saturated heterocycles. The van der Waals surface area contributed by atoms with Gasteiger partial charge in [0.1, 0.15) is 0 Å². The van der Waals surface area contributed by atoms with Gasteiger partial charge in [-0.2, -0.15) is 0 Å². The van der Waals surface area contributed by atoms with E-state index in [1.165, 1.54) is 36.1 Å². The summed E-state index contributed by atoms with van der Waals surface area (Å²) >= 11 is 0. The van der Waals surface area contributed by atoms with Crippen molar-refractivity contribution in [1.82, 2.24) is 10.6 Å². The summed E-state index contributed by atoms with van der Waals surface area (Å²) in [5.74, 6) is 1.86. The fraction of sp³-hybridized carbons (Fsp3) is 0.600. The molecule has 3 rings (SSSR count). The minimum atomic E-state index is 0.853. The number of fused-ring (bicyclic) bond motifs is 1. The van der Waals surface area contributed by atoms with Crippen LogP contribution in [0.1, 0.15) is 36.5 Å². The minimum Gasteiger partial charge on any atom is -0.312 e. The lowest BCUT2D eigenvalue weighted by atomic mass is 10.1. The van der Waals surface area contributed by atoms with E-state index in [0.717, 1.165) is 31.5 Å². The Morgan fingerprint density at radius 1 is 1.29 bits per heavy atom. The molecule has 1 aromatic carbocycles. The molecule has 1 saturated carbocycles. The standard InChI is InChI=1S/C15H22N2/c1-11(13-4-5-13)7-16-8-12-2-3-14-9-17-10-15(14)6-12/h2-3,6,11,13,16-17H,4-5,7-10H2,1H3. The van der Waals surface area contributed by atoms with Crippen LogP contribution in [0.15, 0.2) is 18.2 Å². The zero-order valence-corrected chi connectivity index (χ0v) is 10.6. The number of benzene rings is 1. The zero-order valence-electron chi connectivity index (χ0n) is 10.6. The molecule has 2 N–H and O–H groups in total. The van der Waals surface area contributed by atoms with Crippen LogP contribution in [0.4, 0.5) is 0 Å². The first-order valence-electron chi connectivity index (χ1n) is 6.85. The van der Waals surface area contributed by atoms with Gasteiger partial charge in [0, 0.05) is 19.6 Å². The number of rotatable bonds is 5. The molecule has 1 fully saturated rings. The van der Waals surface area contributed by atoms with Crippen LogP contribution >= 0.6 is 0 Å². The largest absolute Gasteiger partial charge is 0.312 e. The van der Waals surface area contributed by atoms with Crippen LogP contribution < -0.4 is 10.6 Å². The van der Waals surface area contributed by atoms with Gasteiger partial charge in [-0.05, 0) is 47.9 Å². The van der Waals surface area contributed by atoms with Gasteiger partial charge in [0.25, 0.3) is 0 Å². The first-order valence-corrected chi connectivity index (χ1v) is 6.85. The summed E-state index contributed by atoms with van der Waals surface area (Å²) in [6, 6.07) is 6.89. The molecule has 1 heterocycles. The Morgan fingerprint density at radius 3 is 2.94 bits per heavy atom. The molecule has 2 heteroatoms. The maximum absolute atomic E-state index is 3.59. The van der Waals surface area contributed by atoms with E-state index in [2.05, 4.69) is 35.8 Å². The fourth-order valence-electron chi connectivity index (χ4n) is 2.73. The smallest absolute Gasteiger partial charge is 0.0212 e. The van der Waals surface area contributed by atoms with Crippen LogP contribution in [0.25, 0.3) is 0 Å². The third kappa shape index (κ3) is 2.70. The predicted octanol–water partition coefficient (Wildman–Crippen LogP) is 2.43. The first-order chi connectivity index (χ1) is 8.33. The van der Waals surface area contributed by atoms with Crippen molar-refractivity contribution in [2.45, 2.75) is 39.4 Å². The Kier molecular flexibility index (Phi) is 3.17. The van der Waals surface area contributed by atoms with E-state index in [1.807, 2.05) is 0 Å². The first kappa shape index (κ1) is 11.2. The summed E-state index contributed by atoms with van der Waals surface area (Å²) < 4.78 is 0. The Bertz CT molecular complexity index is 396. The second-order valence-electron chi connectivity index (χ2n) is 5.65. The van der Waals surface area contributed by atoms with Crippen molar-refractivity contribution in [2.24, 2.45) is 11.8 Å². The Morgan fingerprint density at radius 2 is 2.12 bits per heavy atom. The molecule has 1 aliphatic heterocycles. The quantitative estimate of drug-likeness (QED) is 0.812. The van der Waals surface area contributed by atoms with Gasteiger partial charge in [-0.15, -0.1) is 0 Å². The molecule has 1 aromatic rings. The molecule has 1 unspecified atom stereocenters. The third-order valence-corrected chi connectivity index (χ3v) is 4.12. The van der Waals surface area contributed by atoms with E-state index >= 15 is 0 Å². The number of hydrogen-bond acceptors (Lipinski definition) is 2. The van der Waals surface area contributed by atoms with Crippen molar-refractivity contribution >= 4 is 0 Å². The molecular formula is C15H22N2. The van der Waals surface area contributed by atoms with Gasteiger partial charge >= 0.3 is 0 Å². The van der Waals surface area contributed by atoms with Gasteiger partial charge in [-0.1, -0.05) is 25.1 Å². The van der Waals surface area contributed by atoms with E-state index in [9.17, 15) is 0 Å². The molecule has 0 bridgehead atoms. The second kappa shape index (κ2) is 4.79. The molecule has 0 aromatic heterocycles. The summed E-state index contributed by atoms with van der Waals surface area (Å²) in [6.45, 7) is 6.64.